The topological polar surface area (TPSA) is 50.2 Å². The molecule has 2 fully saturated rings. The zero-order chi connectivity index (χ0) is 17.2. The third-order valence-corrected chi connectivity index (χ3v) is 5.28. The van der Waals surface area contributed by atoms with Gasteiger partial charge >= 0.3 is 0 Å². The van der Waals surface area contributed by atoms with Crippen molar-refractivity contribution in [1.29, 1.82) is 0 Å². The highest BCUT2D eigenvalue weighted by Crippen LogP contribution is 2.31. The molecule has 25 heavy (non-hydrogen) atoms. The maximum Gasteiger partial charge on any atom is 0.255 e. The molecule has 1 saturated carbocycles. The molecule has 0 spiro atoms. The van der Waals surface area contributed by atoms with Crippen molar-refractivity contribution in [3.63, 3.8) is 0 Å². The van der Waals surface area contributed by atoms with Gasteiger partial charge in [0.2, 0.25) is 0 Å². The standard InChI is InChI=1S/C20H26N4O/c1-23-12-5-7-17(23)18-6-3-2-4-13-24(18)20(25)15-8-11-19(21-14-15)22-16-9-10-16/h5,7-8,11-12,14,16,18H,2-4,6,9-10,13H2,1H3,(H,21,22)/t18-/m1/s1. The third-order valence-electron chi connectivity index (χ3n) is 5.28. The van der Waals surface area contributed by atoms with Gasteiger partial charge in [-0.2, -0.15) is 0 Å². The van der Waals surface area contributed by atoms with Gasteiger partial charge in [-0.15, -0.1) is 0 Å². The molecular weight excluding hydrogens is 312 g/mol. The Morgan fingerprint density at radius 1 is 1.16 bits per heavy atom. The fraction of sp³-hybridized carbons (Fsp3) is 0.500. The van der Waals surface area contributed by atoms with Crippen LogP contribution in [-0.4, -0.2) is 32.9 Å². The smallest absolute Gasteiger partial charge is 0.255 e. The Labute approximate surface area is 149 Å². The number of likely N-dealkylation sites (tertiary alicyclic amines) is 1. The van der Waals surface area contributed by atoms with Crippen molar-refractivity contribution in [2.24, 2.45) is 7.05 Å². The van der Waals surface area contributed by atoms with E-state index in [4.69, 9.17) is 0 Å². The molecule has 0 aromatic carbocycles. The number of hydrogen-bond acceptors (Lipinski definition) is 3. The minimum atomic E-state index is 0.0959. The molecule has 1 amide bonds. The zero-order valence-electron chi connectivity index (χ0n) is 14.8. The van der Waals surface area contributed by atoms with Gasteiger partial charge in [-0.25, -0.2) is 4.98 Å². The van der Waals surface area contributed by atoms with Gasteiger partial charge in [-0.05, 0) is 49.9 Å². The average molecular weight is 338 g/mol. The van der Waals surface area contributed by atoms with Crippen LogP contribution in [0.2, 0.25) is 0 Å². The fourth-order valence-corrected chi connectivity index (χ4v) is 3.69. The summed E-state index contributed by atoms with van der Waals surface area (Å²) in [5.41, 5.74) is 1.90. The van der Waals surface area contributed by atoms with E-state index in [2.05, 4.69) is 40.2 Å². The summed E-state index contributed by atoms with van der Waals surface area (Å²) in [5.74, 6) is 0.965. The molecule has 1 saturated heterocycles. The predicted molar refractivity (Wildman–Crippen MR) is 98.5 cm³/mol. The van der Waals surface area contributed by atoms with Gasteiger partial charge in [-0.1, -0.05) is 12.8 Å². The van der Waals surface area contributed by atoms with Crippen molar-refractivity contribution in [3.8, 4) is 0 Å². The second-order valence-electron chi connectivity index (χ2n) is 7.26. The number of carbonyl (C=O) groups excluding carboxylic acids is 1. The molecule has 1 N–H and O–H groups in total. The largest absolute Gasteiger partial charge is 0.367 e. The van der Waals surface area contributed by atoms with Gasteiger partial charge in [0.1, 0.15) is 5.82 Å². The van der Waals surface area contributed by atoms with Crippen LogP contribution in [0, 0.1) is 0 Å². The van der Waals surface area contributed by atoms with Gasteiger partial charge in [-0.3, -0.25) is 4.79 Å². The summed E-state index contributed by atoms with van der Waals surface area (Å²) in [7, 11) is 2.06. The molecule has 4 rings (SSSR count). The molecule has 0 unspecified atom stereocenters. The molecule has 2 aliphatic rings. The number of anilines is 1. The Hall–Kier alpha value is -2.30. The number of rotatable bonds is 4. The van der Waals surface area contributed by atoms with E-state index < -0.39 is 0 Å². The maximum atomic E-state index is 13.2. The first kappa shape index (κ1) is 16.2. The first-order valence-electron chi connectivity index (χ1n) is 9.37. The second kappa shape index (κ2) is 6.90. The van der Waals surface area contributed by atoms with Crippen molar-refractivity contribution in [2.45, 2.75) is 50.6 Å². The highest BCUT2D eigenvalue weighted by atomic mass is 16.2. The van der Waals surface area contributed by atoms with E-state index >= 15 is 0 Å². The summed E-state index contributed by atoms with van der Waals surface area (Å²) in [6, 6.07) is 8.76. The number of nitrogens with zero attached hydrogens (tertiary/aromatic N) is 3. The number of nitrogens with one attached hydrogen (secondary N) is 1. The van der Waals surface area contributed by atoms with E-state index in [9.17, 15) is 4.79 Å². The lowest BCUT2D eigenvalue weighted by Crippen LogP contribution is -2.35. The number of aryl methyl sites for hydroxylation is 1. The summed E-state index contributed by atoms with van der Waals surface area (Å²) in [4.78, 5) is 19.7. The van der Waals surface area contributed by atoms with Crippen LogP contribution in [0.3, 0.4) is 0 Å². The van der Waals surface area contributed by atoms with Crippen molar-refractivity contribution >= 4 is 11.7 Å². The number of aromatic nitrogens is 2. The Morgan fingerprint density at radius 3 is 2.72 bits per heavy atom. The summed E-state index contributed by atoms with van der Waals surface area (Å²) in [5, 5.41) is 3.37. The molecule has 1 aliphatic heterocycles. The Bertz CT molecular complexity index is 732. The lowest BCUT2D eigenvalue weighted by molar-refractivity contribution is 0.0674. The molecular formula is C20H26N4O. The highest BCUT2D eigenvalue weighted by Gasteiger charge is 2.29. The Morgan fingerprint density at radius 2 is 2.04 bits per heavy atom. The summed E-state index contributed by atoms with van der Waals surface area (Å²) in [6.45, 7) is 0.816. The van der Waals surface area contributed by atoms with E-state index in [1.165, 1.54) is 31.4 Å². The average Bonchev–Trinajstić information content (AvgIpc) is 3.39. The molecule has 2 aromatic rings. The first-order chi connectivity index (χ1) is 12.2. The van der Waals surface area contributed by atoms with Crippen LogP contribution in [0.5, 0.6) is 0 Å². The van der Waals surface area contributed by atoms with Gasteiger partial charge in [0.15, 0.2) is 0 Å². The summed E-state index contributed by atoms with van der Waals surface area (Å²) < 4.78 is 2.14. The van der Waals surface area contributed by atoms with Gasteiger partial charge < -0.3 is 14.8 Å². The van der Waals surface area contributed by atoms with E-state index in [0.717, 1.165) is 25.2 Å². The van der Waals surface area contributed by atoms with E-state index in [1.54, 1.807) is 6.20 Å². The van der Waals surface area contributed by atoms with Crippen LogP contribution in [0.1, 0.15) is 60.6 Å². The van der Waals surface area contributed by atoms with E-state index in [1.807, 2.05) is 17.0 Å². The van der Waals surface area contributed by atoms with E-state index in [-0.39, 0.29) is 11.9 Å². The monoisotopic (exact) mass is 338 g/mol. The van der Waals surface area contributed by atoms with Crippen LogP contribution >= 0.6 is 0 Å². The first-order valence-corrected chi connectivity index (χ1v) is 9.37. The summed E-state index contributed by atoms with van der Waals surface area (Å²) in [6.07, 6.45) is 10.7. The molecule has 5 heteroatoms. The van der Waals surface area contributed by atoms with Gasteiger partial charge in [0.25, 0.3) is 5.91 Å². The van der Waals surface area contributed by atoms with Crippen molar-refractivity contribution < 1.29 is 4.79 Å². The zero-order valence-corrected chi connectivity index (χ0v) is 14.8. The van der Waals surface area contributed by atoms with Crippen molar-refractivity contribution in [3.05, 3.63) is 47.9 Å². The summed E-state index contributed by atoms with van der Waals surface area (Å²) >= 11 is 0. The van der Waals surface area contributed by atoms with Crippen LogP contribution in [-0.2, 0) is 7.05 Å². The molecule has 0 bridgehead atoms. The highest BCUT2D eigenvalue weighted by molar-refractivity contribution is 5.94. The molecule has 0 radical (unpaired) electrons. The van der Waals surface area contributed by atoms with Gasteiger partial charge in [0.05, 0.1) is 11.6 Å². The van der Waals surface area contributed by atoms with Gasteiger partial charge in [0, 0.05) is 37.7 Å². The minimum absolute atomic E-state index is 0.0959. The van der Waals surface area contributed by atoms with Crippen LogP contribution in [0.4, 0.5) is 5.82 Å². The predicted octanol–water partition coefficient (Wildman–Crippen LogP) is 3.75. The number of carbonyl (C=O) groups is 1. The van der Waals surface area contributed by atoms with Crippen LogP contribution in [0.15, 0.2) is 36.7 Å². The SMILES string of the molecule is Cn1cccc1[C@H]1CCCCCN1C(=O)c1ccc(NC2CC2)nc1. The van der Waals surface area contributed by atoms with E-state index in [0.29, 0.717) is 11.6 Å². The third kappa shape index (κ3) is 3.55. The minimum Gasteiger partial charge on any atom is -0.367 e. The van der Waals surface area contributed by atoms with Crippen LogP contribution in [0.25, 0.3) is 0 Å². The quantitative estimate of drug-likeness (QED) is 0.923. The lowest BCUT2D eigenvalue weighted by Gasteiger charge is -2.30. The molecule has 1 aliphatic carbocycles. The van der Waals surface area contributed by atoms with Crippen molar-refractivity contribution in [1.82, 2.24) is 14.5 Å². The molecule has 132 valence electrons. The van der Waals surface area contributed by atoms with Crippen LogP contribution < -0.4 is 5.32 Å². The number of hydrogen-bond donors (Lipinski definition) is 1. The molecule has 3 heterocycles. The molecule has 1 atom stereocenters. The molecule has 2 aromatic heterocycles. The number of pyridine rings is 1. The Kier molecular flexibility index (Phi) is 4.47. The maximum absolute atomic E-state index is 13.2. The van der Waals surface area contributed by atoms with Crippen molar-refractivity contribution in [2.75, 3.05) is 11.9 Å². The molecule has 5 nitrogen and oxygen atoms in total. The second-order valence-corrected chi connectivity index (χ2v) is 7.26. The normalized spacial score (nSPS) is 21.0. The lowest BCUT2D eigenvalue weighted by atomic mass is 10.1. The fourth-order valence-electron chi connectivity index (χ4n) is 3.69. The number of amides is 1. The Balaban J connectivity index is 1.56.